The molecule has 0 saturated heterocycles. The van der Waals surface area contributed by atoms with Gasteiger partial charge >= 0.3 is 0 Å². The van der Waals surface area contributed by atoms with E-state index in [1.807, 2.05) is 6.26 Å². The van der Waals surface area contributed by atoms with E-state index in [1.165, 1.54) is 18.6 Å². The van der Waals surface area contributed by atoms with Crippen molar-refractivity contribution in [3.8, 4) is 0 Å². The summed E-state index contributed by atoms with van der Waals surface area (Å²) in [5.41, 5.74) is 5.98. The molecule has 0 aliphatic heterocycles. The van der Waals surface area contributed by atoms with Crippen molar-refractivity contribution in [1.82, 2.24) is 4.72 Å². The highest BCUT2D eigenvalue weighted by atomic mass is 35.5. The molecule has 1 aromatic carbocycles. The van der Waals surface area contributed by atoms with Crippen molar-refractivity contribution in [3.05, 3.63) is 23.2 Å². The Morgan fingerprint density at radius 2 is 2.00 bits per heavy atom. The van der Waals surface area contributed by atoms with Crippen molar-refractivity contribution in [2.75, 3.05) is 18.5 Å². The molecule has 0 aromatic heterocycles. The smallest absolute Gasteiger partial charge is 0.242 e. The van der Waals surface area contributed by atoms with E-state index in [0.29, 0.717) is 11.6 Å². The molecule has 0 unspecified atom stereocenters. The lowest BCUT2D eigenvalue weighted by Gasteiger charge is -2.35. The molecule has 3 N–H and O–H groups in total. The minimum absolute atomic E-state index is 0.00133. The molecule has 0 bridgehead atoms. The van der Waals surface area contributed by atoms with Crippen LogP contribution in [0.25, 0.3) is 0 Å². The highest BCUT2D eigenvalue weighted by Gasteiger charge is 2.33. The van der Waals surface area contributed by atoms with E-state index in [2.05, 4.69) is 4.72 Å². The van der Waals surface area contributed by atoms with Crippen molar-refractivity contribution >= 4 is 39.1 Å². The van der Waals surface area contributed by atoms with Gasteiger partial charge in [0.25, 0.3) is 0 Å². The molecule has 21 heavy (non-hydrogen) atoms. The van der Waals surface area contributed by atoms with Crippen LogP contribution >= 0.6 is 23.4 Å². The Labute approximate surface area is 135 Å². The van der Waals surface area contributed by atoms with Gasteiger partial charge in [-0.2, -0.15) is 11.8 Å². The van der Waals surface area contributed by atoms with Crippen LogP contribution in [0.5, 0.6) is 0 Å². The summed E-state index contributed by atoms with van der Waals surface area (Å²) in [6, 6.07) is 4.49. The highest BCUT2D eigenvalue weighted by Crippen LogP contribution is 2.38. The van der Waals surface area contributed by atoms with Crippen LogP contribution in [0.15, 0.2) is 23.1 Å². The number of halogens is 1. The van der Waals surface area contributed by atoms with Crippen molar-refractivity contribution < 1.29 is 8.42 Å². The lowest BCUT2D eigenvalue weighted by atomic mass is 9.88. The minimum Gasteiger partial charge on any atom is -0.398 e. The molecule has 0 spiro atoms. The predicted octanol–water partition coefficient (Wildman–Crippen LogP) is 3.27. The zero-order valence-corrected chi connectivity index (χ0v) is 14.5. The number of hydrogen-bond donors (Lipinski definition) is 2. The van der Waals surface area contributed by atoms with E-state index in [9.17, 15) is 8.42 Å². The molecule has 1 fully saturated rings. The third kappa shape index (κ3) is 4.06. The molecule has 4 nitrogen and oxygen atoms in total. The Morgan fingerprint density at radius 3 is 2.62 bits per heavy atom. The molecule has 1 aliphatic carbocycles. The van der Waals surface area contributed by atoms with Crippen LogP contribution in [-0.4, -0.2) is 26.0 Å². The topological polar surface area (TPSA) is 72.2 Å². The van der Waals surface area contributed by atoms with E-state index in [0.717, 1.165) is 25.7 Å². The van der Waals surface area contributed by atoms with E-state index >= 15 is 0 Å². The maximum Gasteiger partial charge on any atom is 0.242 e. The van der Waals surface area contributed by atoms with Crippen LogP contribution in [-0.2, 0) is 10.0 Å². The predicted molar refractivity (Wildman–Crippen MR) is 90.4 cm³/mol. The van der Waals surface area contributed by atoms with E-state index in [1.54, 1.807) is 17.8 Å². The normalized spacial score (nSPS) is 18.6. The average molecular weight is 349 g/mol. The van der Waals surface area contributed by atoms with Crippen molar-refractivity contribution in [1.29, 1.82) is 0 Å². The summed E-state index contributed by atoms with van der Waals surface area (Å²) in [5.74, 6) is 0. The number of sulfonamides is 1. The fraction of sp³-hybridized carbons (Fsp3) is 0.571. The molecule has 7 heteroatoms. The van der Waals surface area contributed by atoms with Gasteiger partial charge in [-0.05, 0) is 37.3 Å². The van der Waals surface area contributed by atoms with Gasteiger partial charge in [-0.25, -0.2) is 13.1 Å². The number of anilines is 1. The first-order valence-corrected chi connectivity index (χ1v) is 10.1. The van der Waals surface area contributed by atoms with E-state index in [-0.39, 0.29) is 15.3 Å². The van der Waals surface area contributed by atoms with Gasteiger partial charge in [0.15, 0.2) is 0 Å². The summed E-state index contributed by atoms with van der Waals surface area (Å²) in [5, 5.41) is 0.363. The first-order chi connectivity index (χ1) is 9.88. The zero-order chi connectivity index (χ0) is 15.5. The van der Waals surface area contributed by atoms with Gasteiger partial charge in [0.05, 0.1) is 5.69 Å². The maximum absolute atomic E-state index is 12.4. The molecule has 0 atom stereocenters. The molecule has 118 valence electrons. The Hall–Kier alpha value is -0.430. The van der Waals surface area contributed by atoms with Crippen LogP contribution in [0, 0.1) is 0 Å². The van der Waals surface area contributed by atoms with Crippen LogP contribution < -0.4 is 10.5 Å². The summed E-state index contributed by atoms with van der Waals surface area (Å²) >= 11 is 7.63. The first kappa shape index (κ1) is 16.9. The Morgan fingerprint density at radius 1 is 1.33 bits per heavy atom. The summed E-state index contributed by atoms with van der Waals surface area (Å²) in [6.45, 7) is 0.433. The Kier molecular flexibility index (Phi) is 5.46. The van der Waals surface area contributed by atoms with Crippen molar-refractivity contribution in [2.24, 2.45) is 0 Å². The maximum atomic E-state index is 12.4. The molecular formula is C14H21ClN2O2S2. The van der Waals surface area contributed by atoms with Gasteiger partial charge in [0.2, 0.25) is 10.0 Å². The number of thioether (sulfide) groups is 1. The van der Waals surface area contributed by atoms with E-state index < -0.39 is 10.0 Å². The molecule has 2 rings (SSSR count). The largest absolute Gasteiger partial charge is 0.398 e. The zero-order valence-electron chi connectivity index (χ0n) is 12.1. The molecule has 1 saturated carbocycles. The van der Waals surface area contributed by atoms with Gasteiger partial charge in [-0.3, -0.25) is 0 Å². The summed E-state index contributed by atoms with van der Waals surface area (Å²) < 4.78 is 27.6. The SMILES string of the molecule is CSC1(CNS(=O)(=O)c2cc(Cl)ccc2N)CCCCC1. The molecule has 0 radical (unpaired) electrons. The van der Waals surface area contributed by atoms with Gasteiger partial charge in [-0.15, -0.1) is 0 Å². The number of rotatable bonds is 5. The van der Waals surface area contributed by atoms with Crippen LogP contribution in [0.4, 0.5) is 5.69 Å². The molecule has 1 aromatic rings. The highest BCUT2D eigenvalue weighted by molar-refractivity contribution is 8.00. The first-order valence-electron chi connectivity index (χ1n) is 6.98. The Balaban J connectivity index is 2.15. The molecule has 1 aliphatic rings. The lowest BCUT2D eigenvalue weighted by molar-refractivity contribution is 0.395. The van der Waals surface area contributed by atoms with Crippen LogP contribution in [0.1, 0.15) is 32.1 Å². The van der Waals surface area contributed by atoms with Gasteiger partial charge in [0.1, 0.15) is 4.90 Å². The molecule has 0 amide bonds. The second-order valence-corrected chi connectivity index (χ2v) is 8.90. The van der Waals surface area contributed by atoms with Crippen molar-refractivity contribution in [3.63, 3.8) is 0 Å². The van der Waals surface area contributed by atoms with Gasteiger partial charge < -0.3 is 5.73 Å². The second-order valence-electron chi connectivity index (χ2n) is 5.45. The van der Waals surface area contributed by atoms with Gasteiger partial charge in [0, 0.05) is 16.3 Å². The third-order valence-electron chi connectivity index (χ3n) is 4.05. The number of nitrogen functional groups attached to an aromatic ring is 1. The van der Waals surface area contributed by atoms with Crippen molar-refractivity contribution in [2.45, 2.75) is 41.7 Å². The van der Waals surface area contributed by atoms with Gasteiger partial charge in [-0.1, -0.05) is 30.9 Å². The number of benzene rings is 1. The van der Waals surface area contributed by atoms with Crippen LogP contribution in [0.3, 0.4) is 0 Å². The number of nitrogens with one attached hydrogen (secondary N) is 1. The average Bonchev–Trinajstić information content (AvgIpc) is 2.49. The number of nitrogens with two attached hydrogens (primary N) is 1. The third-order valence-corrected chi connectivity index (χ3v) is 7.16. The fourth-order valence-corrected chi connectivity index (χ4v) is 5.22. The van der Waals surface area contributed by atoms with E-state index in [4.69, 9.17) is 17.3 Å². The molecular weight excluding hydrogens is 328 g/mol. The lowest BCUT2D eigenvalue weighted by Crippen LogP contribution is -2.41. The Bertz CT molecular complexity index is 599. The number of hydrogen-bond acceptors (Lipinski definition) is 4. The molecule has 0 heterocycles. The quantitative estimate of drug-likeness (QED) is 0.801. The van der Waals surface area contributed by atoms with Crippen LogP contribution in [0.2, 0.25) is 5.02 Å². The standard InChI is InChI=1S/C14H21ClN2O2S2/c1-20-14(7-3-2-4-8-14)10-17-21(18,19)13-9-11(15)5-6-12(13)16/h5-6,9,17H,2-4,7-8,10,16H2,1H3. The second kappa shape index (κ2) is 6.77. The summed E-state index contributed by atoms with van der Waals surface area (Å²) in [6.07, 6.45) is 7.68. The fourth-order valence-electron chi connectivity index (χ4n) is 2.69. The summed E-state index contributed by atoms with van der Waals surface area (Å²) in [7, 11) is -3.63. The monoisotopic (exact) mass is 348 g/mol. The summed E-state index contributed by atoms with van der Waals surface area (Å²) in [4.78, 5) is 0.0575. The minimum atomic E-state index is -3.63.